The van der Waals surface area contributed by atoms with Crippen LogP contribution in [-0.2, 0) is 4.74 Å². The maximum atomic E-state index is 10.3. The second-order valence-electron chi connectivity index (χ2n) is 5.68. The average molecular weight is 292 g/mol. The molecule has 4 nitrogen and oxygen atoms in total. The molecule has 2 aliphatic heterocycles. The van der Waals surface area contributed by atoms with Crippen LogP contribution in [0.3, 0.4) is 0 Å². The van der Waals surface area contributed by atoms with Gasteiger partial charge in [0.2, 0.25) is 0 Å². The number of likely N-dealkylation sites (tertiary alicyclic amines) is 1. The van der Waals surface area contributed by atoms with E-state index in [-0.39, 0.29) is 0 Å². The highest BCUT2D eigenvalue weighted by atomic mass is 32.1. The summed E-state index contributed by atoms with van der Waals surface area (Å²) < 4.78 is 5.81. The van der Waals surface area contributed by atoms with Gasteiger partial charge in [-0.1, -0.05) is 36.5 Å². The van der Waals surface area contributed by atoms with Gasteiger partial charge in [0.15, 0.2) is 0 Å². The average Bonchev–Trinajstić information content (AvgIpc) is 2.78. The molecule has 0 aliphatic carbocycles. The topological polar surface area (TPSA) is 58.7 Å². The van der Waals surface area contributed by atoms with Crippen molar-refractivity contribution in [1.82, 2.24) is 4.90 Å². The summed E-state index contributed by atoms with van der Waals surface area (Å²) in [6.45, 7) is 2.51. The Kier molecular flexibility index (Phi) is 4.03. The normalized spacial score (nSPS) is 27.4. The van der Waals surface area contributed by atoms with Crippen molar-refractivity contribution >= 4 is 17.2 Å². The number of thiocarbonyl (C=S) groups is 1. The van der Waals surface area contributed by atoms with E-state index in [0.29, 0.717) is 23.7 Å². The summed E-state index contributed by atoms with van der Waals surface area (Å²) in [6, 6.07) is 7.52. The lowest BCUT2D eigenvalue weighted by atomic mass is 10.1. The molecule has 5 heteroatoms. The molecule has 20 heavy (non-hydrogen) atoms. The molecule has 1 aromatic rings. The van der Waals surface area contributed by atoms with E-state index in [0.717, 1.165) is 37.1 Å². The van der Waals surface area contributed by atoms with Crippen LogP contribution in [0.2, 0.25) is 0 Å². The van der Waals surface area contributed by atoms with Crippen LogP contribution in [0.25, 0.3) is 0 Å². The molecule has 2 heterocycles. The third kappa shape index (κ3) is 3.01. The Morgan fingerprint density at radius 2 is 1.90 bits per heavy atom. The van der Waals surface area contributed by atoms with E-state index in [4.69, 9.17) is 22.7 Å². The predicted octanol–water partition coefficient (Wildman–Crippen LogP) is 1.22. The number of benzene rings is 1. The maximum absolute atomic E-state index is 10.3. The number of aliphatic hydroxyl groups is 1. The van der Waals surface area contributed by atoms with Crippen molar-refractivity contribution < 1.29 is 9.84 Å². The number of nitrogens with zero attached hydrogens (tertiary/aromatic N) is 1. The van der Waals surface area contributed by atoms with Gasteiger partial charge in [-0.2, -0.15) is 0 Å². The van der Waals surface area contributed by atoms with Crippen LogP contribution in [-0.4, -0.2) is 46.8 Å². The number of fused-ring (bicyclic) bond motifs is 2. The third-order valence-electron chi connectivity index (χ3n) is 4.13. The molecular formula is C15H20N2O2S. The van der Waals surface area contributed by atoms with Crippen molar-refractivity contribution in [3.05, 3.63) is 35.4 Å². The van der Waals surface area contributed by atoms with Gasteiger partial charge in [0.1, 0.15) is 4.99 Å². The Balaban J connectivity index is 1.61. The summed E-state index contributed by atoms with van der Waals surface area (Å²) in [4.78, 5) is 2.69. The summed E-state index contributed by atoms with van der Waals surface area (Å²) in [5.41, 5.74) is 7.31. The molecule has 2 saturated heterocycles. The van der Waals surface area contributed by atoms with E-state index >= 15 is 0 Å². The fourth-order valence-corrected chi connectivity index (χ4v) is 3.20. The number of β-amino-alcohol motifs (C(OH)–C–C–N with tert-alkyl or cyclic N) is 1. The quantitative estimate of drug-likeness (QED) is 0.817. The number of hydrogen-bond donors (Lipinski definition) is 2. The molecule has 0 radical (unpaired) electrons. The van der Waals surface area contributed by atoms with E-state index < -0.39 is 6.10 Å². The monoisotopic (exact) mass is 292 g/mol. The molecule has 3 atom stereocenters. The summed E-state index contributed by atoms with van der Waals surface area (Å²) in [5.74, 6) is 0. The van der Waals surface area contributed by atoms with E-state index in [1.807, 2.05) is 24.3 Å². The van der Waals surface area contributed by atoms with Gasteiger partial charge in [-0.25, -0.2) is 0 Å². The molecular weight excluding hydrogens is 272 g/mol. The Bertz CT molecular complexity index is 479. The minimum Gasteiger partial charge on any atom is -0.389 e. The van der Waals surface area contributed by atoms with E-state index in [1.165, 1.54) is 0 Å². The summed E-state index contributed by atoms with van der Waals surface area (Å²) >= 11 is 4.93. The molecule has 1 aromatic carbocycles. The second-order valence-corrected chi connectivity index (χ2v) is 6.12. The predicted molar refractivity (Wildman–Crippen MR) is 81.6 cm³/mol. The molecule has 0 spiro atoms. The molecule has 2 fully saturated rings. The minimum atomic E-state index is -0.479. The Morgan fingerprint density at radius 1 is 1.30 bits per heavy atom. The van der Waals surface area contributed by atoms with E-state index in [2.05, 4.69) is 4.90 Å². The SMILES string of the molecule is NC(=S)c1ccc(C(O)CN2CC3CCC(C2)O3)cc1. The van der Waals surface area contributed by atoms with Crippen molar-refractivity contribution in [3.8, 4) is 0 Å². The van der Waals surface area contributed by atoms with Crippen molar-refractivity contribution in [1.29, 1.82) is 0 Å². The molecule has 2 bridgehead atoms. The molecule has 0 aromatic heterocycles. The number of nitrogens with two attached hydrogens (primary N) is 1. The third-order valence-corrected chi connectivity index (χ3v) is 4.37. The van der Waals surface area contributed by atoms with Crippen LogP contribution >= 0.6 is 12.2 Å². The Labute approximate surface area is 124 Å². The first-order valence-corrected chi connectivity index (χ1v) is 7.48. The fourth-order valence-electron chi connectivity index (χ4n) is 3.07. The zero-order valence-corrected chi connectivity index (χ0v) is 12.2. The lowest BCUT2D eigenvalue weighted by Crippen LogP contribution is -2.44. The van der Waals surface area contributed by atoms with Crippen LogP contribution in [0.5, 0.6) is 0 Å². The van der Waals surface area contributed by atoms with Crippen LogP contribution < -0.4 is 5.73 Å². The largest absolute Gasteiger partial charge is 0.389 e. The van der Waals surface area contributed by atoms with Gasteiger partial charge >= 0.3 is 0 Å². The van der Waals surface area contributed by atoms with Crippen molar-refractivity contribution in [2.75, 3.05) is 19.6 Å². The van der Waals surface area contributed by atoms with Crippen LogP contribution in [0, 0.1) is 0 Å². The summed E-state index contributed by atoms with van der Waals surface area (Å²) in [7, 11) is 0. The van der Waals surface area contributed by atoms with Crippen LogP contribution in [0.1, 0.15) is 30.1 Å². The van der Waals surface area contributed by atoms with Gasteiger partial charge in [0, 0.05) is 25.2 Å². The summed E-state index contributed by atoms with van der Waals surface area (Å²) in [5, 5.41) is 10.3. The van der Waals surface area contributed by atoms with Crippen LogP contribution in [0.15, 0.2) is 24.3 Å². The first-order chi connectivity index (χ1) is 9.61. The molecule has 3 N–H and O–H groups in total. The maximum Gasteiger partial charge on any atom is 0.103 e. The molecule has 108 valence electrons. The highest BCUT2D eigenvalue weighted by Gasteiger charge is 2.34. The highest BCUT2D eigenvalue weighted by molar-refractivity contribution is 7.80. The van der Waals surface area contributed by atoms with E-state index in [9.17, 15) is 5.11 Å². The minimum absolute atomic E-state index is 0.359. The Hall–Kier alpha value is -1.01. The first kappa shape index (κ1) is 13.9. The van der Waals surface area contributed by atoms with Crippen molar-refractivity contribution in [2.45, 2.75) is 31.2 Å². The van der Waals surface area contributed by atoms with Crippen molar-refractivity contribution in [2.24, 2.45) is 5.73 Å². The number of morpholine rings is 1. The smallest absolute Gasteiger partial charge is 0.103 e. The van der Waals surface area contributed by atoms with Crippen LogP contribution in [0.4, 0.5) is 0 Å². The lowest BCUT2D eigenvalue weighted by molar-refractivity contribution is -0.0497. The van der Waals surface area contributed by atoms with E-state index in [1.54, 1.807) is 0 Å². The summed E-state index contributed by atoms with van der Waals surface area (Å²) in [6.07, 6.45) is 2.54. The van der Waals surface area contributed by atoms with Gasteiger partial charge in [0.05, 0.1) is 18.3 Å². The number of ether oxygens (including phenoxy) is 1. The zero-order chi connectivity index (χ0) is 14.1. The van der Waals surface area contributed by atoms with Gasteiger partial charge in [-0.05, 0) is 18.4 Å². The van der Waals surface area contributed by atoms with Crippen molar-refractivity contribution in [3.63, 3.8) is 0 Å². The van der Waals surface area contributed by atoms with Gasteiger partial charge in [-0.15, -0.1) is 0 Å². The fraction of sp³-hybridized carbons (Fsp3) is 0.533. The second kappa shape index (κ2) is 5.77. The van der Waals surface area contributed by atoms with Gasteiger partial charge < -0.3 is 15.6 Å². The standard InChI is InChI=1S/C15H20N2O2S/c16-15(20)11-3-1-10(2-4-11)14(18)9-17-7-12-5-6-13(8-17)19-12/h1-4,12-14,18H,5-9H2,(H2,16,20). The van der Waals surface area contributed by atoms with Gasteiger partial charge in [-0.3, -0.25) is 4.90 Å². The highest BCUT2D eigenvalue weighted by Crippen LogP contribution is 2.27. The number of aliphatic hydroxyl groups excluding tert-OH is 1. The zero-order valence-electron chi connectivity index (χ0n) is 11.4. The molecule has 2 aliphatic rings. The lowest BCUT2D eigenvalue weighted by Gasteiger charge is -2.33. The number of rotatable bonds is 4. The van der Waals surface area contributed by atoms with Gasteiger partial charge in [0.25, 0.3) is 0 Å². The molecule has 0 amide bonds. The molecule has 3 rings (SSSR count). The molecule has 3 unspecified atom stereocenters. The Morgan fingerprint density at radius 3 is 2.45 bits per heavy atom. The number of hydrogen-bond acceptors (Lipinski definition) is 4. The molecule has 0 saturated carbocycles. The first-order valence-electron chi connectivity index (χ1n) is 7.07.